The number of aryl methyl sites for hydroxylation is 1. The predicted octanol–water partition coefficient (Wildman–Crippen LogP) is 2.02. The normalized spacial score (nSPS) is 10.2. The smallest absolute Gasteiger partial charge is 0.338 e. The largest absolute Gasteiger partial charge is 0.452 e. The van der Waals surface area contributed by atoms with Crippen LogP contribution in [-0.2, 0) is 9.53 Å². The SMILES string of the molecule is Cc1ccccc1C(=O)OCC(=O)NC(=O)NCCC(C)C. The van der Waals surface area contributed by atoms with Gasteiger partial charge in [-0.15, -0.1) is 0 Å². The lowest BCUT2D eigenvalue weighted by Crippen LogP contribution is -2.42. The standard InChI is InChI=1S/C16H22N2O4/c1-11(2)8-9-17-16(21)18-14(19)10-22-15(20)13-7-5-4-6-12(13)3/h4-7,11H,8-10H2,1-3H3,(H2,17,18,19,21). The first-order valence-electron chi connectivity index (χ1n) is 7.20. The summed E-state index contributed by atoms with van der Waals surface area (Å²) < 4.78 is 4.88. The maximum atomic E-state index is 11.8. The Morgan fingerprint density at radius 2 is 1.86 bits per heavy atom. The Kier molecular flexibility index (Phi) is 7.08. The van der Waals surface area contributed by atoms with E-state index < -0.39 is 24.5 Å². The maximum Gasteiger partial charge on any atom is 0.338 e. The lowest BCUT2D eigenvalue weighted by Gasteiger charge is -2.09. The van der Waals surface area contributed by atoms with Crippen LogP contribution in [0.15, 0.2) is 24.3 Å². The molecule has 1 aromatic carbocycles. The molecule has 0 unspecified atom stereocenters. The van der Waals surface area contributed by atoms with E-state index in [2.05, 4.69) is 10.6 Å². The van der Waals surface area contributed by atoms with E-state index in [-0.39, 0.29) is 0 Å². The Morgan fingerprint density at radius 3 is 2.50 bits per heavy atom. The molecule has 2 N–H and O–H groups in total. The molecule has 3 amide bonds. The predicted molar refractivity (Wildman–Crippen MR) is 82.5 cm³/mol. The molecule has 0 heterocycles. The Balaban J connectivity index is 2.32. The average Bonchev–Trinajstić information content (AvgIpc) is 2.44. The number of hydrogen-bond donors (Lipinski definition) is 2. The molecule has 0 aliphatic rings. The Labute approximate surface area is 130 Å². The van der Waals surface area contributed by atoms with Gasteiger partial charge in [-0.05, 0) is 30.9 Å². The van der Waals surface area contributed by atoms with Crippen molar-refractivity contribution >= 4 is 17.9 Å². The molecule has 0 radical (unpaired) electrons. The summed E-state index contributed by atoms with van der Waals surface area (Å²) in [6.45, 7) is 5.84. The molecule has 0 aromatic heterocycles. The highest BCUT2D eigenvalue weighted by Crippen LogP contribution is 2.08. The first-order valence-corrected chi connectivity index (χ1v) is 7.20. The fraction of sp³-hybridized carbons (Fsp3) is 0.438. The van der Waals surface area contributed by atoms with Crippen molar-refractivity contribution in [1.82, 2.24) is 10.6 Å². The summed E-state index contributed by atoms with van der Waals surface area (Å²) in [5.41, 5.74) is 1.16. The van der Waals surface area contributed by atoms with E-state index in [1.165, 1.54) is 0 Å². The number of esters is 1. The van der Waals surface area contributed by atoms with Gasteiger partial charge in [0, 0.05) is 6.54 Å². The van der Waals surface area contributed by atoms with Gasteiger partial charge in [0.1, 0.15) is 0 Å². The number of carbonyl (C=O) groups excluding carboxylic acids is 3. The molecule has 6 nitrogen and oxygen atoms in total. The van der Waals surface area contributed by atoms with Crippen molar-refractivity contribution in [2.75, 3.05) is 13.2 Å². The quantitative estimate of drug-likeness (QED) is 0.788. The van der Waals surface area contributed by atoms with Crippen LogP contribution in [0.25, 0.3) is 0 Å². The van der Waals surface area contributed by atoms with Gasteiger partial charge in [-0.3, -0.25) is 10.1 Å². The van der Waals surface area contributed by atoms with Gasteiger partial charge in [0.05, 0.1) is 5.56 Å². The molecule has 6 heteroatoms. The van der Waals surface area contributed by atoms with Gasteiger partial charge in [-0.1, -0.05) is 32.0 Å². The van der Waals surface area contributed by atoms with Crippen molar-refractivity contribution in [3.05, 3.63) is 35.4 Å². The number of hydrogen-bond acceptors (Lipinski definition) is 4. The minimum Gasteiger partial charge on any atom is -0.452 e. The topological polar surface area (TPSA) is 84.5 Å². The number of rotatable bonds is 6. The van der Waals surface area contributed by atoms with Crippen LogP contribution >= 0.6 is 0 Å². The third-order valence-corrected chi connectivity index (χ3v) is 2.96. The molecule has 22 heavy (non-hydrogen) atoms. The zero-order valence-electron chi connectivity index (χ0n) is 13.1. The number of benzene rings is 1. The monoisotopic (exact) mass is 306 g/mol. The van der Waals surface area contributed by atoms with E-state index in [4.69, 9.17) is 4.74 Å². The van der Waals surface area contributed by atoms with Crippen LogP contribution in [0.5, 0.6) is 0 Å². The zero-order chi connectivity index (χ0) is 16.5. The van der Waals surface area contributed by atoms with Crippen molar-refractivity contribution in [1.29, 1.82) is 0 Å². The minimum atomic E-state index is -0.663. The van der Waals surface area contributed by atoms with Crippen LogP contribution in [0.1, 0.15) is 36.2 Å². The number of ether oxygens (including phenoxy) is 1. The molecule has 1 aromatic rings. The van der Waals surface area contributed by atoms with E-state index in [0.29, 0.717) is 18.0 Å². The second kappa shape index (κ2) is 8.81. The second-order valence-electron chi connectivity index (χ2n) is 5.38. The molecule has 1 rings (SSSR count). The van der Waals surface area contributed by atoms with E-state index in [1.807, 2.05) is 13.8 Å². The summed E-state index contributed by atoms with van der Waals surface area (Å²) in [5, 5.41) is 4.67. The van der Waals surface area contributed by atoms with Gasteiger partial charge in [-0.2, -0.15) is 0 Å². The fourth-order valence-corrected chi connectivity index (χ4v) is 1.69. The minimum absolute atomic E-state index is 0.400. The number of imide groups is 1. The van der Waals surface area contributed by atoms with Crippen LogP contribution in [0.3, 0.4) is 0 Å². The molecule has 0 spiro atoms. The van der Waals surface area contributed by atoms with Crippen molar-refractivity contribution in [3.8, 4) is 0 Å². The van der Waals surface area contributed by atoms with Gasteiger partial charge in [0.15, 0.2) is 6.61 Å². The van der Waals surface area contributed by atoms with Crippen LogP contribution < -0.4 is 10.6 Å². The van der Waals surface area contributed by atoms with Crippen molar-refractivity contribution in [2.24, 2.45) is 5.92 Å². The van der Waals surface area contributed by atoms with Gasteiger partial charge >= 0.3 is 12.0 Å². The molecule has 0 fully saturated rings. The summed E-state index contributed by atoms with van der Waals surface area (Å²) in [5.74, 6) is -0.788. The molecule has 120 valence electrons. The lowest BCUT2D eigenvalue weighted by molar-refractivity contribution is -0.123. The molecule has 0 aliphatic heterocycles. The van der Waals surface area contributed by atoms with Crippen molar-refractivity contribution < 1.29 is 19.1 Å². The second-order valence-corrected chi connectivity index (χ2v) is 5.38. The van der Waals surface area contributed by atoms with Gasteiger partial charge < -0.3 is 10.1 Å². The summed E-state index contributed by atoms with van der Waals surface area (Å²) in [4.78, 5) is 34.7. The lowest BCUT2D eigenvalue weighted by atomic mass is 10.1. The summed E-state index contributed by atoms with van der Waals surface area (Å²) in [6, 6.07) is 6.33. The average molecular weight is 306 g/mol. The number of amides is 3. The van der Waals surface area contributed by atoms with Crippen LogP contribution in [0.2, 0.25) is 0 Å². The molecule has 0 aliphatic carbocycles. The van der Waals surface area contributed by atoms with Crippen molar-refractivity contribution in [2.45, 2.75) is 27.2 Å². The van der Waals surface area contributed by atoms with E-state index in [1.54, 1.807) is 31.2 Å². The molecule has 0 saturated carbocycles. The molecular weight excluding hydrogens is 284 g/mol. The molecule has 0 atom stereocenters. The van der Waals surface area contributed by atoms with Crippen molar-refractivity contribution in [3.63, 3.8) is 0 Å². The van der Waals surface area contributed by atoms with E-state index in [9.17, 15) is 14.4 Å². The summed E-state index contributed by atoms with van der Waals surface area (Å²) in [7, 11) is 0. The van der Waals surface area contributed by atoms with Crippen LogP contribution in [0.4, 0.5) is 4.79 Å². The highest BCUT2D eigenvalue weighted by Gasteiger charge is 2.13. The van der Waals surface area contributed by atoms with Gasteiger partial charge in [0.2, 0.25) is 0 Å². The highest BCUT2D eigenvalue weighted by atomic mass is 16.5. The van der Waals surface area contributed by atoms with Gasteiger partial charge in [0.25, 0.3) is 5.91 Å². The van der Waals surface area contributed by atoms with E-state index >= 15 is 0 Å². The molecule has 0 saturated heterocycles. The number of urea groups is 1. The Bertz CT molecular complexity index is 541. The first kappa shape index (κ1) is 17.7. The maximum absolute atomic E-state index is 11.8. The number of carbonyl (C=O) groups is 3. The first-order chi connectivity index (χ1) is 10.4. The van der Waals surface area contributed by atoms with Gasteiger partial charge in [-0.25, -0.2) is 9.59 Å². The third kappa shape index (κ3) is 6.39. The fourth-order valence-electron chi connectivity index (χ4n) is 1.69. The molecule has 0 bridgehead atoms. The number of nitrogens with one attached hydrogen (secondary N) is 2. The summed E-state index contributed by atoms with van der Waals surface area (Å²) >= 11 is 0. The zero-order valence-corrected chi connectivity index (χ0v) is 13.1. The van der Waals surface area contributed by atoms with E-state index in [0.717, 1.165) is 12.0 Å². The Hall–Kier alpha value is -2.37. The van der Waals surface area contributed by atoms with Crippen LogP contribution in [0, 0.1) is 12.8 Å². The highest BCUT2D eigenvalue weighted by molar-refractivity contribution is 5.97. The Morgan fingerprint density at radius 1 is 1.18 bits per heavy atom. The van der Waals surface area contributed by atoms with Crippen LogP contribution in [-0.4, -0.2) is 31.1 Å². The molecular formula is C16H22N2O4. The third-order valence-electron chi connectivity index (χ3n) is 2.96. The summed E-state index contributed by atoms with van der Waals surface area (Å²) in [6.07, 6.45) is 0.823.